The molecular weight excluding hydrogens is 327 g/mol. The third-order valence-electron chi connectivity index (χ3n) is 2.37. The Balaban J connectivity index is 2.64. The fourth-order valence-corrected chi connectivity index (χ4v) is 1.69. The lowest BCUT2D eigenvalue weighted by molar-refractivity contribution is -0.210. The quantitative estimate of drug-likeness (QED) is 0.835. The second-order valence-corrected chi connectivity index (χ2v) is 4.76. The average molecular weight is 342 g/mol. The van der Waals surface area contributed by atoms with Gasteiger partial charge >= 0.3 is 6.18 Å². The lowest BCUT2D eigenvalue weighted by Crippen LogP contribution is -2.34. The minimum atomic E-state index is -4.66. The molecule has 0 saturated carbocycles. The van der Waals surface area contributed by atoms with Crippen molar-refractivity contribution < 1.29 is 23.0 Å². The van der Waals surface area contributed by atoms with E-state index in [1.165, 1.54) is 0 Å². The van der Waals surface area contributed by atoms with Gasteiger partial charge in [0.05, 0.1) is 0 Å². The van der Waals surface area contributed by atoms with Crippen LogP contribution in [0.2, 0.25) is 0 Å². The predicted octanol–water partition coefficient (Wildman–Crippen LogP) is 2.86. The molecule has 19 heavy (non-hydrogen) atoms. The van der Waals surface area contributed by atoms with E-state index in [-0.39, 0.29) is 0 Å². The molecule has 108 valence electrons. The number of benzene rings is 1. The Morgan fingerprint density at radius 2 is 2.11 bits per heavy atom. The number of ether oxygens (including phenoxy) is 1. The van der Waals surface area contributed by atoms with Crippen LogP contribution in [-0.4, -0.2) is 30.5 Å². The van der Waals surface area contributed by atoms with Gasteiger partial charge in [0.15, 0.2) is 6.10 Å². The van der Waals surface area contributed by atoms with Crippen molar-refractivity contribution in [1.82, 2.24) is 5.32 Å². The maximum Gasteiger partial charge on any atom is 0.417 e. The largest absolute Gasteiger partial charge is 0.491 e. The molecule has 0 amide bonds. The summed E-state index contributed by atoms with van der Waals surface area (Å²) in [7, 11) is 0. The molecule has 0 saturated heterocycles. The number of hydrogen-bond donors (Lipinski definition) is 2. The van der Waals surface area contributed by atoms with Crippen molar-refractivity contribution in [3.63, 3.8) is 0 Å². The Morgan fingerprint density at radius 1 is 1.42 bits per heavy atom. The van der Waals surface area contributed by atoms with Crippen LogP contribution in [0, 0.1) is 0 Å². The molecule has 0 aromatic heterocycles. The van der Waals surface area contributed by atoms with E-state index in [4.69, 9.17) is 9.84 Å². The van der Waals surface area contributed by atoms with Crippen LogP contribution >= 0.6 is 15.9 Å². The van der Waals surface area contributed by atoms with Crippen LogP contribution in [0.15, 0.2) is 22.7 Å². The van der Waals surface area contributed by atoms with Crippen LogP contribution in [0.25, 0.3) is 0 Å². The molecule has 1 aromatic rings. The van der Waals surface area contributed by atoms with Gasteiger partial charge in [-0.2, -0.15) is 13.2 Å². The zero-order valence-corrected chi connectivity index (χ0v) is 11.9. The van der Waals surface area contributed by atoms with E-state index >= 15 is 0 Å². The number of aliphatic hydroxyl groups excluding tert-OH is 1. The highest BCUT2D eigenvalue weighted by molar-refractivity contribution is 9.10. The molecule has 0 bridgehead atoms. The van der Waals surface area contributed by atoms with Gasteiger partial charge in [-0.05, 0) is 30.3 Å². The van der Waals surface area contributed by atoms with Crippen molar-refractivity contribution in [2.45, 2.75) is 25.7 Å². The first kappa shape index (κ1) is 16.3. The first-order valence-corrected chi connectivity index (χ1v) is 6.50. The number of nitrogens with one attached hydrogen (secondary N) is 1. The zero-order chi connectivity index (χ0) is 14.5. The summed E-state index contributed by atoms with van der Waals surface area (Å²) in [4.78, 5) is 0. The minimum Gasteiger partial charge on any atom is -0.491 e. The van der Waals surface area contributed by atoms with Crippen molar-refractivity contribution in [1.29, 1.82) is 0 Å². The molecule has 1 atom stereocenters. The molecule has 7 heteroatoms. The van der Waals surface area contributed by atoms with Crippen molar-refractivity contribution in [2.75, 3.05) is 13.2 Å². The summed E-state index contributed by atoms with van der Waals surface area (Å²) in [6.07, 6.45) is -7.14. The normalized spacial score (nSPS) is 13.4. The Hall–Kier alpha value is -0.790. The first-order valence-electron chi connectivity index (χ1n) is 5.71. The number of alkyl halides is 3. The monoisotopic (exact) mass is 341 g/mol. The Morgan fingerprint density at radius 3 is 2.68 bits per heavy atom. The highest BCUT2D eigenvalue weighted by Gasteiger charge is 2.38. The summed E-state index contributed by atoms with van der Waals surface area (Å²) in [5, 5.41) is 11.9. The molecule has 0 spiro atoms. The summed E-state index contributed by atoms with van der Waals surface area (Å²) in [5.41, 5.74) is 0.876. The summed E-state index contributed by atoms with van der Waals surface area (Å²) >= 11 is 3.35. The van der Waals surface area contributed by atoms with Gasteiger partial charge in [0, 0.05) is 11.0 Å². The number of aliphatic hydroxyl groups is 1. The van der Waals surface area contributed by atoms with Crippen molar-refractivity contribution in [2.24, 2.45) is 0 Å². The van der Waals surface area contributed by atoms with E-state index in [0.29, 0.717) is 12.3 Å². The van der Waals surface area contributed by atoms with Gasteiger partial charge in [-0.3, -0.25) is 0 Å². The molecule has 1 aromatic carbocycles. The standard InChI is InChI=1S/C12H15BrF3NO2/c1-2-17-6-8-5-9(3-4-10(8)13)19-7-11(18)12(14,15)16/h3-5,11,17-18H,2,6-7H2,1H3. The van der Waals surface area contributed by atoms with E-state index in [0.717, 1.165) is 16.6 Å². The minimum absolute atomic E-state index is 0.291. The van der Waals surface area contributed by atoms with Gasteiger partial charge in [0.2, 0.25) is 0 Å². The summed E-state index contributed by atoms with van der Waals surface area (Å²) in [5.74, 6) is 0.291. The van der Waals surface area contributed by atoms with Gasteiger partial charge in [0.1, 0.15) is 12.4 Å². The molecular formula is C12H15BrF3NO2. The molecule has 0 aliphatic heterocycles. The molecule has 0 radical (unpaired) electrons. The third-order valence-corrected chi connectivity index (χ3v) is 3.14. The average Bonchev–Trinajstić information content (AvgIpc) is 2.34. The Labute approximate surface area is 117 Å². The lowest BCUT2D eigenvalue weighted by Gasteiger charge is -2.16. The molecule has 2 N–H and O–H groups in total. The van der Waals surface area contributed by atoms with E-state index in [1.807, 2.05) is 6.92 Å². The van der Waals surface area contributed by atoms with Crippen LogP contribution in [0.1, 0.15) is 12.5 Å². The highest BCUT2D eigenvalue weighted by atomic mass is 79.9. The SMILES string of the molecule is CCNCc1cc(OCC(O)C(F)(F)F)ccc1Br. The summed E-state index contributed by atoms with van der Waals surface area (Å²) in [6.45, 7) is 2.50. The fourth-order valence-electron chi connectivity index (χ4n) is 1.31. The van der Waals surface area contributed by atoms with Gasteiger partial charge < -0.3 is 15.2 Å². The lowest BCUT2D eigenvalue weighted by atomic mass is 10.2. The van der Waals surface area contributed by atoms with Crippen LogP contribution in [0.4, 0.5) is 13.2 Å². The van der Waals surface area contributed by atoms with E-state index in [1.54, 1.807) is 18.2 Å². The maximum absolute atomic E-state index is 12.1. The molecule has 1 rings (SSSR count). The van der Waals surface area contributed by atoms with Crippen molar-refractivity contribution >= 4 is 15.9 Å². The van der Waals surface area contributed by atoms with E-state index < -0.39 is 18.9 Å². The molecule has 0 aliphatic carbocycles. The first-order chi connectivity index (χ1) is 8.84. The zero-order valence-electron chi connectivity index (χ0n) is 10.3. The smallest absolute Gasteiger partial charge is 0.417 e. The molecule has 0 heterocycles. The third kappa shape index (κ3) is 5.38. The maximum atomic E-state index is 12.1. The molecule has 0 aliphatic rings. The second kappa shape index (κ2) is 7.12. The molecule has 3 nitrogen and oxygen atoms in total. The highest BCUT2D eigenvalue weighted by Crippen LogP contribution is 2.24. The van der Waals surface area contributed by atoms with Crippen molar-refractivity contribution in [3.8, 4) is 5.75 Å². The Kier molecular flexibility index (Phi) is 6.09. The van der Waals surface area contributed by atoms with Crippen LogP contribution in [0.5, 0.6) is 5.75 Å². The van der Waals surface area contributed by atoms with Crippen LogP contribution in [0.3, 0.4) is 0 Å². The number of hydrogen-bond acceptors (Lipinski definition) is 3. The topological polar surface area (TPSA) is 41.5 Å². The van der Waals surface area contributed by atoms with Crippen molar-refractivity contribution in [3.05, 3.63) is 28.2 Å². The van der Waals surface area contributed by atoms with Gasteiger partial charge in [-0.15, -0.1) is 0 Å². The number of rotatable bonds is 6. The second-order valence-electron chi connectivity index (χ2n) is 3.90. The van der Waals surface area contributed by atoms with Crippen LogP contribution in [-0.2, 0) is 6.54 Å². The van der Waals surface area contributed by atoms with Gasteiger partial charge in [0.25, 0.3) is 0 Å². The summed E-state index contributed by atoms with van der Waals surface area (Å²) in [6, 6.07) is 4.88. The van der Waals surface area contributed by atoms with Gasteiger partial charge in [-0.25, -0.2) is 0 Å². The Bertz CT molecular complexity index is 412. The van der Waals surface area contributed by atoms with E-state index in [2.05, 4.69) is 21.2 Å². The molecule has 0 fully saturated rings. The van der Waals surface area contributed by atoms with E-state index in [9.17, 15) is 13.2 Å². The fraction of sp³-hybridized carbons (Fsp3) is 0.500. The summed E-state index contributed by atoms with van der Waals surface area (Å²) < 4.78 is 42.1. The van der Waals surface area contributed by atoms with Gasteiger partial charge in [-0.1, -0.05) is 22.9 Å². The number of halogens is 4. The van der Waals surface area contributed by atoms with Crippen LogP contribution < -0.4 is 10.1 Å². The molecule has 1 unspecified atom stereocenters. The predicted molar refractivity (Wildman–Crippen MR) is 69.1 cm³/mol.